The van der Waals surface area contributed by atoms with Crippen LogP contribution in [-0.4, -0.2) is 17.2 Å². The van der Waals surface area contributed by atoms with E-state index in [1.54, 1.807) is 25.6 Å². The number of hydrogen-bond acceptors (Lipinski definition) is 3. The quantitative estimate of drug-likeness (QED) is 0.744. The van der Waals surface area contributed by atoms with Crippen molar-refractivity contribution < 1.29 is 9.84 Å². The SMILES string of the molecule is C=C(C)CC(O)c1ccncc1OC. The van der Waals surface area contributed by atoms with Gasteiger partial charge in [-0.2, -0.15) is 0 Å². The molecular formula is C11H15NO2. The van der Waals surface area contributed by atoms with Gasteiger partial charge in [0.15, 0.2) is 0 Å². The van der Waals surface area contributed by atoms with Crippen LogP contribution in [0.1, 0.15) is 25.0 Å². The molecule has 0 bridgehead atoms. The van der Waals surface area contributed by atoms with Crippen molar-refractivity contribution in [1.29, 1.82) is 0 Å². The lowest BCUT2D eigenvalue weighted by atomic mass is 10.0. The van der Waals surface area contributed by atoms with Gasteiger partial charge >= 0.3 is 0 Å². The molecule has 1 heterocycles. The van der Waals surface area contributed by atoms with Crippen LogP contribution in [-0.2, 0) is 0 Å². The summed E-state index contributed by atoms with van der Waals surface area (Å²) >= 11 is 0. The van der Waals surface area contributed by atoms with Crippen LogP contribution in [0.5, 0.6) is 5.75 Å². The van der Waals surface area contributed by atoms with Crippen molar-refractivity contribution in [2.45, 2.75) is 19.4 Å². The Hall–Kier alpha value is -1.35. The van der Waals surface area contributed by atoms with Crippen LogP contribution in [0.15, 0.2) is 30.6 Å². The van der Waals surface area contributed by atoms with Crippen LogP contribution in [0.3, 0.4) is 0 Å². The molecule has 1 N–H and O–H groups in total. The van der Waals surface area contributed by atoms with Gasteiger partial charge in [-0.1, -0.05) is 5.57 Å². The Morgan fingerprint density at radius 1 is 1.71 bits per heavy atom. The van der Waals surface area contributed by atoms with Crippen LogP contribution >= 0.6 is 0 Å². The van der Waals surface area contributed by atoms with Gasteiger partial charge in [-0.15, -0.1) is 6.58 Å². The number of aliphatic hydroxyl groups is 1. The first-order valence-electron chi connectivity index (χ1n) is 4.45. The predicted octanol–water partition coefficient (Wildman–Crippen LogP) is 2.09. The third-order valence-corrected chi connectivity index (χ3v) is 1.94. The molecule has 0 saturated carbocycles. The molecular weight excluding hydrogens is 178 g/mol. The standard InChI is InChI=1S/C11H15NO2/c1-8(2)6-10(13)9-4-5-12-7-11(9)14-3/h4-5,7,10,13H,1,6H2,2-3H3. The van der Waals surface area contributed by atoms with Gasteiger partial charge in [-0.3, -0.25) is 4.98 Å². The minimum absolute atomic E-state index is 0.542. The lowest BCUT2D eigenvalue weighted by Crippen LogP contribution is -2.01. The number of methoxy groups -OCH3 is 1. The molecule has 0 aliphatic carbocycles. The summed E-state index contributed by atoms with van der Waals surface area (Å²) in [6.45, 7) is 5.65. The average molecular weight is 193 g/mol. The minimum atomic E-state index is -0.564. The zero-order valence-corrected chi connectivity index (χ0v) is 8.53. The van der Waals surface area contributed by atoms with E-state index >= 15 is 0 Å². The molecule has 0 fully saturated rings. The van der Waals surface area contributed by atoms with Crippen LogP contribution in [0.4, 0.5) is 0 Å². The van der Waals surface area contributed by atoms with E-state index in [2.05, 4.69) is 11.6 Å². The van der Waals surface area contributed by atoms with Gasteiger partial charge in [0.1, 0.15) is 5.75 Å². The number of aromatic nitrogens is 1. The van der Waals surface area contributed by atoms with Crippen molar-refractivity contribution in [1.82, 2.24) is 4.98 Å². The number of aliphatic hydroxyl groups excluding tert-OH is 1. The van der Waals surface area contributed by atoms with Crippen LogP contribution in [0.25, 0.3) is 0 Å². The van der Waals surface area contributed by atoms with Crippen molar-refractivity contribution >= 4 is 0 Å². The Kier molecular flexibility index (Phi) is 3.65. The molecule has 1 aromatic heterocycles. The van der Waals surface area contributed by atoms with Gasteiger partial charge in [-0.05, 0) is 19.4 Å². The van der Waals surface area contributed by atoms with E-state index in [1.807, 2.05) is 6.92 Å². The van der Waals surface area contributed by atoms with Gasteiger partial charge in [-0.25, -0.2) is 0 Å². The van der Waals surface area contributed by atoms with E-state index in [0.717, 1.165) is 11.1 Å². The van der Waals surface area contributed by atoms with Crippen LogP contribution < -0.4 is 4.74 Å². The fourth-order valence-electron chi connectivity index (χ4n) is 1.28. The second-order valence-electron chi connectivity index (χ2n) is 3.29. The highest BCUT2D eigenvalue weighted by Crippen LogP contribution is 2.27. The molecule has 0 spiro atoms. The van der Waals surface area contributed by atoms with E-state index in [1.165, 1.54) is 0 Å². The van der Waals surface area contributed by atoms with Crippen molar-refractivity contribution in [2.24, 2.45) is 0 Å². The summed E-state index contributed by atoms with van der Waals surface area (Å²) in [5.74, 6) is 0.612. The van der Waals surface area contributed by atoms with E-state index < -0.39 is 6.10 Å². The van der Waals surface area contributed by atoms with Crippen molar-refractivity contribution in [3.8, 4) is 5.75 Å². The molecule has 1 rings (SSSR count). The molecule has 3 nitrogen and oxygen atoms in total. The molecule has 1 unspecified atom stereocenters. The molecule has 0 aliphatic heterocycles. The van der Waals surface area contributed by atoms with E-state index in [4.69, 9.17) is 4.74 Å². The Balaban J connectivity index is 2.87. The largest absolute Gasteiger partial charge is 0.495 e. The molecule has 1 atom stereocenters. The molecule has 1 aromatic rings. The van der Waals surface area contributed by atoms with Gasteiger partial charge in [0.05, 0.1) is 19.4 Å². The van der Waals surface area contributed by atoms with Crippen molar-refractivity contribution in [3.63, 3.8) is 0 Å². The van der Waals surface area contributed by atoms with Gasteiger partial charge in [0, 0.05) is 11.8 Å². The van der Waals surface area contributed by atoms with Gasteiger partial charge in [0.25, 0.3) is 0 Å². The fraction of sp³-hybridized carbons (Fsp3) is 0.364. The summed E-state index contributed by atoms with van der Waals surface area (Å²) in [4.78, 5) is 3.92. The van der Waals surface area contributed by atoms with E-state index in [-0.39, 0.29) is 0 Å². The monoisotopic (exact) mass is 193 g/mol. The normalized spacial score (nSPS) is 12.2. The Bertz CT molecular complexity index is 323. The smallest absolute Gasteiger partial charge is 0.142 e. The van der Waals surface area contributed by atoms with Crippen LogP contribution in [0, 0.1) is 0 Å². The van der Waals surface area contributed by atoms with Crippen molar-refractivity contribution in [3.05, 3.63) is 36.2 Å². The summed E-state index contributed by atoms with van der Waals surface area (Å²) in [5, 5.41) is 9.83. The molecule has 76 valence electrons. The molecule has 0 saturated heterocycles. The Morgan fingerprint density at radius 3 is 3.00 bits per heavy atom. The summed E-state index contributed by atoms with van der Waals surface area (Å²) in [6, 6.07) is 1.76. The predicted molar refractivity (Wildman–Crippen MR) is 55.2 cm³/mol. The number of hydrogen-bond donors (Lipinski definition) is 1. The summed E-state index contributed by atoms with van der Waals surface area (Å²) in [6.07, 6.45) is 3.21. The Labute approximate surface area is 84.1 Å². The lowest BCUT2D eigenvalue weighted by Gasteiger charge is -2.13. The summed E-state index contributed by atoms with van der Waals surface area (Å²) in [7, 11) is 1.56. The van der Waals surface area contributed by atoms with E-state index in [9.17, 15) is 5.11 Å². The number of ether oxygens (including phenoxy) is 1. The molecule has 0 radical (unpaired) electrons. The summed E-state index contributed by atoms with van der Waals surface area (Å²) < 4.78 is 5.10. The number of rotatable bonds is 4. The van der Waals surface area contributed by atoms with Crippen LogP contribution in [0.2, 0.25) is 0 Å². The third-order valence-electron chi connectivity index (χ3n) is 1.94. The third kappa shape index (κ3) is 2.57. The average Bonchev–Trinajstić information content (AvgIpc) is 2.16. The first kappa shape index (κ1) is 10.7. The lowest BCUT2D eigenvalue weighted by molar-refractivity contribution is 0.174. The zero-order chi connectivity index (χ0) is 10.6. The molecule has 0 amide bonds. The first-order valence-corrected chi connectivity index (χ1v) is 4.45. The molecule has 0 aromatic carbocycles. The first-order chi connectivity index (χ1) is 6.65. The maximum absolute atomic E-state index is 9.83. The highest BCUT2D eigenvalue weighted by molar-refractivity contribution is 5.32. The maximum Gasteiger partial charge on any atom is 0.142 e. The maximum atomic E-state index is 9.83. The number of pyridine rings is 1. The highest BCUT2D eigenvalue weighted by atomic mass is 16.5. The second kappa shape index (κ2) is 4.77. The van der Waals surface area contributed by atoms with Gasteiger partial charge < -0.3 is 9.84 Å². The van der Waals surface area contributed by atoms with Crippen molar-refractivity contribution in [2.75, 3.05) is 7.11 Å². The minimum Gasteiger partial charge on any atom is -0.495 e. The second-order valence-corrected chi connectivity index (χ2v) is 3.29. The topological polar surface area (TPSA) is 42.4 Å². The van der Waals surface area contributed by atoms with E-state index in [0.29, 0.717) is 12.2 Å². The number of nitrogens with zero attached hydrogens (tertiary/aromatic N) is 1. The highest BCUT2D eigenvalue weighted by Gasteiger charge is 2.12. The zero-order valence-electron chi connectivity index (χ0n) is 8.53. The Morgan fingerprint density at radius 2 is 2.43 bits per heavy atom. The molecule has 3 heteroatoms. The molecule has 14 heavy (non-hydrogen) atoms. The molecule has 0 aliphatic rings. The fourth-order valence-corrected chi connectivity index (χ4v) is 1.28. The van der Waals surface area contributed by atoms with Gasteiger partial charge in [0.2, 0.25) is 0 Å². The summed E-state index contributed by atoms with van der Waals surface area (Å²) in [5.41, 5.74) is 1.70.